The molecule has 12 rings (SSSR count). The van der Waals surface area contributed by atoms with Gasteiger partial charge in [0.1, 0.15) is 37.0 Å². The number of esters is 2. The Morgan fingerprint density at radius 3 is 1.24 bits per heavy atom. The first-order valence-electron chi connectivity index (χ1n) is 25.6. The van der Waals surface area contributed by atoms with Crippen LogP contribution in [0.15, 0.2) is 223 Å². The Labute approximate surface area is 457 Å². The molecule has 3 aliphatic heterocycles. The first-order valence-corrected chi connectivity index (χ1v) is 25.6. The molecule has 79 heavy (non-hydrogen) atoms. The molecule has 0 bridgehead atoms. The predicted molar refractivity (Wildman–Crippen MR) is 303 cm³/mol. The minimum Gasteiger partial charge on any atom is -0.462 e. The molecule has 13 nitrogen and oxygen atoms in total. The highest BCUT2D eigenvalue weighted by Gasteiger charge is 2.31. The number of carbonyl (C=O) groups excluding carboxylic acids is 3. The Bertz CT molecular complexity index is 3850. The van der Waals surface area contributed by atoms with Crippen LogP contribution in [0.2, 0.25) is 0 Å². The maximum Gasteiger partial charge on any atom is 0.338 e. The zero-order valence-corrected chi connectivity index (χ0v) is 43.8. The number of hydrogen-bond donors (Lipinski definition) is 2. The SMILES string of the molecule is CCOC(=O)c1ccc(C2=Nc3ccccc3Oc3ccccc32)cc1.CCOC(=O)c1ccc(C2=[N+](C)c3ccccc3Oc3ccccc32)cc1.C[N+]1=C(c2ccc(C(=O)NO)cc2)c2ccccc2Oc2ccccc21. The summed E-state index contributed by atoms with van der Waals surface area (Å²) in [7, 11) is 4.02. The van der Waals surface area contributed by atoms with Crippen LogP contribution in [0.3, 0.4) is 0 Å². The molecule has 0 radical (unpaired) electrons. The summed E-state index contributed by atoms with van der Waals surface area (Å²) in [5.74, 6) is 3.48. The van der Waals surface area contributed by atoms with Gasteiger partial charge < -0.3 is 23.7 Å². The van der Waals surface area contributed by atoms with E-state index in [1.54, 1.807) is 55.7 Å². The molecule has 3 aliphatic rings. The minimum absolute atomic E-state index is 0.308. The lowest BCUT2D eigenvalue weighted by Crippen LogP contribution is -2.19. The zero-order chi connectivity index (χ0) is 54.8. The third kappa shape index (κ3) is 11.2. The van der Waals surface area contributed by atoms with Crippen molar-refractivity contribution in [3.8, 4) is 34.5 Å². The van der Waals surface area contributed by atoms with Crippen LogP contribution in [0.1, 0.15) is 78.3 Å². The lowest BCUT2D eigenvalue weighted by molar-refractivity contribution is -0.404. The smallest absolute Gasteiger partial charge is 0.338 e. The van der Waals surface area contributed by atoms with Crippen molar-refractivity contribution in [2.75, 3.05) is 27.3 Å². The molecule has 9 aromatic carbocycles. The summed E-state index contributed by atoms with van der Waals surface area (Å²) < 4.78 is 32.7. The van der Waals surface area contributed by atoms with Crippen LogP contribution >= 0.6 is 0 Å². The van der Waals surface area contributed by atoms with Gasteiger partial charge in [-0.2, -0.15) is 9.15 Å². The molecule has 2 N–H and O–H groups in total. The van der Waals surface area contributed by atoms with E-state index in [2.05, 4.69) is 9.15 Å². The van der Waals surface area contributed by atoms with Crippen molar-refractivity contribution in [1.82, 2.24) is 5.48 Å². The summed E-state index contributed by atoms with van der Waals surface area (Å²) in [6, 6.07) is 69.1. The van der Waals surface area contributed by atoms with E-state index in [4.69, 9.17) is 33.9 Å². The highest BCUT2D eigenvalue weighted by Crippen LogP contribution is 2.41. The average Bonchev–Trinajstić information content (AvgIpc) is 4.01. The third-order valence-electron chi connectivity index (χ3n) is 13.2. The maximum atomic E-state index is 12.0. The number of nitrogens with zero attached hydrogens (tertiary/aromatic N) is 3. The van der Waals surface area contributed by atoms with E-state index in [9.17, 15) is 14.4 Å². The molecule has 0 saturated heterocycles. The monoisotopic (exact) mass is 1050 g/mol. The van der Waals surface area contributed by atoms with Crippen molar-refractivity contribution in [2.24, 2.45) is 4.99 Å². The third-order valence-corrected chi connectivity index (χ3v) is 13.2. The molecule has 0 saturated carbocycles. The fourth-order valence-corrected chi connectivity index (χ4v) is 9.39. The van der Waals surface area contributed by atoms with E-state index in [1.807, 2.05) is 196 Å². The van der Waals surface area contributed by atoms with E-state index in [0.29, 0.717) is 29.9 Å². The van der Waals surface area contributed by atoms with Crippen LogP contribution in [0.25, 0.3) is 0 Å². The molecular formula is C66H54N4O9+2. The summed E-state index contributed by atoms with van der Waals surface area (Å²) in [6.07, 6.45) is 0. The van der Waals surface area contributed by atoms with Crippen LogP contribution < -0.4 is 19.7 Å². The average molecular weight is 1050 g/mol. The largest absolute Gasteiger partial charge is 0.462 e. The Morgan fingerprint density at radius 2 is 0.785 bits per heavy atom. The summed E-state index contributed by atoms with van der Waals surface area (Å²) in [4.78, 5) is 40.3. The first kappa shape index (κ1) is 52.2. The predicted octanol–water partition coefficient (Wildman–Crippen LogP) is 13.6. The summed E-state index contributed by atoms with van der Waals surface area (Å²) >= 11 is 0. The van der Waals surface area contributed by atoms with Crippen molar-refractivity contribution in [2.45, 2.75) is 13.8 Å². The van der Waals surface area contributed by atoms with Crippen LogP contribution in [-0.2, 0) is 9.47 Å². The summed E-state index contributed by atoms with van der Waals surface area (Å²) in [6.45, 7) is 4.31. The molecule has 390 valence electrons. The quantitative estimate of drug-likeness (QED) is 0.0657. The number of para-hydroxylation sites is 9. The molecule has 0 aliphatic carbocycles. The van der Waals surface area contributed by atoms with Crippen LogP contribution in [0.5, 0.6) is 34.5 Å². The lowest BCUT2D eigenvalue weighted by Gasteiger charge is -2.10. The van der Waals surface area contributed by atoms with Crippen molar-refractivity contribution in [3.05, 3.63) is 268 Å². The standard InChI is InChI=1S/C23H20NO3.C22H17NO3.C21H16N2O3/c1-3-26-23(25)17-14-12-16(13-15-17)22-18-8-4-6-10-20(18)27-21-11-7-5-9-19(21)24(22)2;1-2-25-22(24)16-13-11-15(12-14-16)21-17-7-3-5-9-19(17)26-20-10-6-4-8-18(20)23-21;1-23-17-7-3-5-9-19(17)26-18-8-4-2-6-16(18)20(23)14-10-12-15(13-11-14)21(24)22-25/h4-15H,3H2,1-2H3;3-14H,2H2,1H3;2-13H,1H3,(H-,22,24,25)/q+1;;/p+1. The molecule has 0 aromatic heterocycles. The number of fused-ring (bicyclic) bond motifs is 6. The number of aliphatic imine (C=N–C) groups is 1. The number of benzene rings is 9. The molecule has 1 amide bonds. The van der Waals surface area contributed by atoms with Gasteiger partial charge in [-0.3, -0.25) is 10.0 Å². The van der Waals surface area contributed by atoms with Gasteiger partial charge >= 0.3 is 11.9 Å². The molecule has 0 spiro atoms. The number of hydrogen-bond acceptors (Lipinski definition) is 10. The van der Waals surface area contributed by atoms with Gasteiger partial charge in [0.05, 0.1) is 41.2 Å². The molecule has 0 fully saturated rings. The van der Waals surface area contributed by atoms with Gasteiger partial charge in [0.15, 0.2) is 17.2 Å². The number of ether oxygens (including phenoxy) is 5. The second-order valence-corrected chi connectivity index (χ2v) is 18.1. The molecular weight excluding hydrogens is 993 g/mol. The minimum atomic E-state index is -0.537. The molecule has 13 heteroatoms. The lowest BCUT2D eigenvalue weighted by atomic mass is 9.99. The fraction of sp³-hybridized carbons (Fsp3) is 0.0909. The second kappa shape index (κ2) is 23.8. The van der Waals surface area contributed by atoms with Gasteiger partial charge in [0.25, 0.3) is 5.91 Å². The van der Waals surface area contributed by atoms with Gasteiger partial charge in [-0.25, -0.2) is 20.1 Å². The van der Waals surface area contributed by atoms with E-state index < -0.39 is 5.91 Å². The maximum absolute atomic E-state index is 12.0. The number of nitrogens with one attached hydrogen (secondary N) is 1. The number of rotatable bonds is 8. The molecule has 0 atom stereocenters. The highest BCUT2D eigenvalue weighted by molar-refractivity contribution is 6.16. The fourth-order valence-electron chi connectivity index (χ4n) is 9.39. The van der Waals surface area contributed by atoms with Crippen molar-refractivity contribution in [1.29, 1.82) is 0 Å². The molecule has 0 unspecified atom stereocenters. The van der Waals surface area contributed by atoms with Crippen LogP contribution in [0.4, 0.5) is 17.1 Å². The summed E-state index contributed by atoms with van der Waals surface area (Å²) in [5, 5.41) is 8.80. The number of amides is 1. The van der Waals surface area contributed by atoms with E-state index in [1.165, 1.54) is 0 Å². The first-order chi connectivity index (χ1) is 38.6. The van der Waals surface area contributed by atoms with Crippen molar-refractivity contribution in [3.63, 3.8) is 0 Å². The van der Waals surface area contributed by atoms with Gasteiger partial charge in [-0.15, -0.1) is 0 Å². The van der Waals surface area contributed by atoms with Gasteiger partial charge in [-0.1, -0.05) is 84.9 Å². The summed E-state index contributed by atoms with van der Waals surface area (Å²) in [5.41, 5.74) is 14.3. The zero-order valence-electron chi connectivity index (χ0n) is 43.8. The highest BCUT2D eigenvalue weighted by atomic mass is 16.5. The van der Waals surface area contributed by atoms with Crippen molar-refractivity contribution < 1.29 is 52.4 Å². The Balaban J connectivity index is 0.000000134. The van der Waals surface area contributed by atoms with Gasteiger partial charge in [0.2, 0.25) is 22.8 Å². The van der Waals surface area contributed by atoms with Crippen LogP contribution in [0, 0.1) is 0 Å². The van der Waals surface area contributed by atoms with E-state index >= 15 is 0 Å². The van der Waals surface area contributed by atoms with E-state index in [0.717, 1.165) is 102 Å². The van der Waals surface area contributed by atoms with Gasteiger partial charge in [0, 0.05) is 39.9 Å². The number of carbonyl (C=O) groups is 3. The van der Waals surface area contributed by atoms with Crippen molar-refractivity contribution >= 4 is 52.0 Å². The molecule has 9 aromatic rings. The second-order valence-electron chi connectivity index (χ2n) is 18.1. The Hall–Kier alpha value is -10.2. The van der Waals surface area contributed by atoms with E-state index in [-0.39, 0.29) is 11.9 Å². The normalized spacial score (nSPS) is 12.4. The number of hydroxylamine groups is 1. The Kier molecular flexibility index (Phi) is 15.7. The topological polar surface area (TPSA) is 148 Å². The van der Waals surface area contributed by atoms with Crippen LogP contribution in [-0.4, -0.2) is 76.6 Å². The molecule has 3 heterocycles. The van der Waals surface area contributed by atoms with Gasteiger partial charge in [-0.05, 0) is 135 Å². The Morgan fingerprint density at radius 1 is 0.430 bits per heavy atom.